The standard InChI is InChI=1S/C19H18ClN5O/c1-10-3-4-11(20)7-13(10)14-8-15(25-17(14)19(26)21-2)16-12-5-6-22-18(12)24-9-23-16/h3-4,7-9,25H,5-6H2,1-2H3,(H,21,26)(H,22,23,24). The summed E-state index contributed by atoms with van der Waals surface area (Å²) >= 11 is 6.19. The number of amides is 1. The van der Waals surface area contributed by atoms with E-state index in [4.69, 9.17) is 11.6 Å². The monoisotopic (exact) mass is 367 g/mol. The number of aromatic nitrogens is 3. The van der Waals surface area contributed by atoms with Crippen molar-refractivity contribution in [2.45, 2.75) is 13.3 Å². The van der Waals surface area contributed by atoms with Crippen LogP contribution in [-0.2, 0) is 6.42 Å². The first kappa shape index (κ1) is 16.6. The smallest absolute Gasteiger partial charge is 0.268 e. The van der Waals surface area contributed by atoms with Crippen molar-refractivity contribution in [3.8, 4) is 22.5 Å². The first-order valence-corrected chi connectivity index (χ1v) is 8.76. The fourth-order valence-electron chi connectivity index (χ4n) is 3.32. The quantitative estimate of drug-likeness (QED) is 0.662. The Balaban J connectivity index is 1.92. The lowest BCUT2D eigenvalue weighted by molar-refractivity contribution is 0.0959. The van der Waals surface area contributed by atoms with Crippen LogP contribution in [0.25, 0.3) is 22.5 Å². The van der Waals surface area contributed by atoms with E-state index in [0.717, 1.165) is 52.4 Å². The minimum absolute atomic E-state index is 0.186. The average Bonchev–Trinajstić information content (AvgIpc) is 3.29. The second-order valence-electron chi connectivity index (χ2n) is 6.24. The Morgan fingerprint density at radius 3 is 2.88 bits per heavy atom. The number of nitrogens with one attached hydrogen (secondary N) is 3. The van der Waals surface area contributed by atoms with Gasteiger partial charge in [-0.05, 0) is 42.7 Å². The van der Waals surface area contributed by atoms with E-state index in [1.165, 1.54) is 6.33 Å². The third kappa shape index (κ3) is 2.72. The van der Waals surface area contributed by atoms with Crippen LogP contribution in [0.1, 0.15) is 21.6 Å². The van der Waals surface area contributed by atoms with E-state index < -0.39 is 0 Å². The minimum atomic E-state index is -0.186. The molecule has 0 aliphatic carbocycles. The van der Waals surface area contributed by atoms with Crippen LogP contribution >= 0.6 is 11.6 Å². The van der Waals surface area contributed by atoms with Gasteiger partial charge >= 0.3 is 0 Å². The number of hydrogen-bond acceptors (Lipinski definition) is 4. The number of halogens is 1. The van der Waals surface area contributed by atoms with E-state index >= 15 is 0 Å². The summed E-state index contributed by atoms with van der Waals surface area (Å²) in [5, 5.41) is 6.57. The van der Waals surface area contributed by atoms with E-state index in [0.29, 0.717) is 10.7 Å². The summed E-state index contributed by atoms with van der Waals surface area (Å²) in [5.41, 5.74) is 5.92. The Morgan fingerprint density at radius 2 is 2.08 bits per heavy atom. The Kier molecular flexibility index (Phi) is 4.12. The van der Waals surface area contributed by atoms with Crippen LogP contribution in [0.15, 0.2) is 30.6 Å². The number of hydrogen-bond donors (Lipinski definition) is 3. The molecule has 1 aliphatic rings. The molecule has 0 atom stereocenters. The molecule has 0 saturated carbocycles. The van der Waals surface area contributed by atoms with Crippen molar-refractivity contribution in [3.05, 3.63) is 52.4 Å². The molecule has 0 radical (unpaired) electrons. The van der Waals surface area contributed by atoms with Crippen molar-refractivity contribution < 1.29 is 4.79 Å². The maximum absolute atomic E-state index is 12.5. The van der Waals surface area contributed by atoms with Gasteiger partial charge in [0.1, 0.15) is 17.8 Å². The fraction of sp³-hybridized carbons (Fsp3) is 0.211. The molecule has 3 heterocycles. The summed E-state index contributed by atoms with van der Waals surface area (Å²) < 4.78 is 0. The number of fused-ring (bicyclic) bond motifs is 1. The van der Waals surface area contributed by atoms with Crippen LogP contribution < -0.4 is 10.6 Å². The van der Waals surface area contributed by atoms with E-state index in [-0.39, 0.29) is 5.91 Å². The number of benzene rings is 1. The summed E-state index contributed by atoms with van der Waals surface area (Å²) in [6.07, 6.45) is 2.39. The van der Waals surface area contributed by atoms with Crippen LogP contribution in [0.5, 0.6) is 0 Å². The van der Waals surface area contributed by atoms with E-state index in [9.17, 15) is 4.79 Å². The molecule has 0 unspecified atom stereocenters. The molecule has 2 aromatic heterocycles. The molecular formula is C19H18ClN5O. The van der Waals surface area contributed by atoms with Gasteiger partial charge in [-0.15, -0.1) is 0 Å². The third-order valence-corrected chi connectivity index (χ3v) is 4.86. The van der Waals surface area contributed by atoms with Gasteiger partial charge in [-0.2, -0.15) is 0 Å². The molecule has 0 saturated heterocycles. The van der Waals surface area contributed by atoms with E-state index in [1.807, 2.05) is 31.2 Å². The maximum atomic E-state index is 12.5. The maximum Gasteiger partial charge on any atom is 0.268 e. The van der Waals surface area contributed by atoms with Gasteiger partial charge in [0.05, 0.1) is 11.4 Å². The molecule has 6 nitrogen and oxygen atoms in total. The normalized spacial score (nSPS) is 12.6. The van der Waals surface area contributed by atoms with Gasteiger partial charge in [0, 0.05) is 29.7 Å². The van der Waals surface area contributed by atoms with Gasteiger partial charge in [0.2, 0.25) is 0 Å². The molecule has 1 aromatic carbocycles. The lowest BCUT2D eigenvalue weighted by Gasteiger charge is -2.07. The Bertz CT molecular complexity index is 1010. The Hall–Kier alpha value is -2.86. The molecular weight excluding hydrogens is 350 g/mol. The predicted octanol–water partition coefficient (Wildman–Crippen LogP) is 3.43. The first-order chi connectivity index (χ1) is 12.6. The number of aromatic amines is 1. The Morgan fingerprint density at radius 1 is 1.23 bits per heavy atom. The SMILES string of the molecule is CNC(=O)c1[nH]c(-c2ncnc3c2CCN3)cc1-c1cc(Cl)ccc1C. The third-order valence-electron chi connectivity index (χ3n) is 4.63. The zero-order valence-corrected chi connectivity index (χ0v) is 15.2. The summed E-state index contributed by atoms with van der Waals surface area (Å²) in [6, 6.07) is 7.63. The van der Waals surface area contributed by atoms with E-state index in [2.05, 4.69) is 25.6 Å². The van der Waals surface area contributed by atoms with Crippen molar-refractivity contribution in [1.82, 2.24) is 20.3 Å². The topological polar surface area (TPSA) is 82.7 Å². The van der Waals surface area contributed by atoms with Gasteiger partial charge in [-0.25, -0.2) is 9.97 Å². The number of nitrogens with zero attached hydrogens (tertiary/aromatic N) is 2. The first-order valence-electron chi connectivity index (χ1n) is 8.38. The number of rotatable bonds is 3. The molecule has 0 fully saturated rings. The molecule has 1 aliphatic heterocycles. The molecule has 7 heteroatoms. The highest BCUT2D eigenvalue weighted by Crippen LogP contribution is 2.35. The fourth-order valence-corrected chi connectivity index (χ4v) is 3.49. The van der Waals surface area contributed by atoms with Crippen molar-refractivity contribution in [3.63, 3.8) is 0 Å². The number of carbonyl (C=O) groups is 1. The lowest BCUT2D eigenvalue weighted by Crippen LogP contribution is -2.19. The van der Waals surface area contributed by atoms with Crippen molar-refractivity contribution in [2.24, 2.45) is 0 Å². The highest BCUT2D eigenvalue weighted by atomic mass is 35.5. The zero-order chi connectivity index (χ0) is 18.3. The number of H-pyrrole nitrogens is 1. The van der Waals surface area contributed by atoms with Crippen LogP contribution in [0, 0.1) is 6.92 Å². The van der Waals surface area contributed by atoms with Gasteiger partial charge in [-0.1, -0.05) is 17.7 Å². The van der Waals surface area contributed by atoms with Crippen molar-refractivity contribution >= 4 is 23.3 Å². The average molecular weight is 368 g/mol. The van der Waals surface area contributed by atoms with Crippen molar-refractivity contribution in [2.75, 3.05) is 18.9 Å². The lowest BCUT2D eigenvalue weighted by atomic mass is 10.00. The highest BCUT2D eigenvalue weighted by molar-refractivity contribution is 6.31. The number of anilines is 1. The molecule has 0 spiro atoms. The number of aryl methyl sites for hydroxylation is 1. The molecule has 4 rings (SSSR count). The minimum Gasteiger partial charge on any atom is -0.369 e. The van der Waals surface area contributed by atoms with Gasteiger partial charge < -0.3 is 15.6 Å². The largest absolute Gasteiger partial charge is 0.369 e. The molecule has 3 aromatic rings. The summed E-state index contributed by atoms with van der Waals surface area (Å²) in [7, 11) is 1.61. The molecule has 0 bridgehead atoms. The van der Waals surface area contributed by atoms with Crippen LogP contribution in [-0.4, -0.2) is 34.5 Å². The summed E-state index contributed by atoms with van der Waals surface area (Å²) in [5.74, 6) is 0.668. The predicted molar refractivity (Wildman–Crippen MR) is 103 cm³/mol. The molecule has 1 amide bonds. The number of carbonyl (C=O) groups excluding carboxylic acids is 1. The molecule has 132 valence electrons. The summed E-state index contributed by atoms with van der Waals surface area (Å²) in [6.45, 7) is 2.84. The van der Waals surface area contributed by atoms with Gasteiger partial charge in [0.25, 0.3) is 5.91 Å². The second kappa shape index (κ2) is 6.46. The van der Waals surface area contributed by atoms with Crippen LogP contribution in [0.3, 0.4) is 0 Å². The second-order valence-corrected chi connectivity index (χ2v) is 6.67. The van der Waals surface area contributed by atoms with Crippen LogP contribution in [0.4, 0.5) is 5.82 Å². The molecule has 26 heavy (non-hydrogen) atoms. The highest BCUT2D eigenvalue weighted by Gasteiger charge is 2.23. The van der Waals surface area contributed by atoms with Gasteiger partial charge in [0.15, 0.2) is 0 Å². The summed E-state index contributed by atoms with van der Waals surface area (Å²) in [4.78, 5) is 24.4. The van der Waals surface area contributed by atoms with E-state index in [1.54, 1.807) is 7.05 Å². The van der Waals surface area contributed by atoms with Crippen LogP contribution in [0.2, 0.25) is 5.02 Å². The Labute approximate surface area is 156 Å². The zero-order valence-electron chi connectivity index (χ0n) is 14.5. The molecule has 3 N–H and O–H groups in total. The van der Waals surface area contributed by atoms with Crippen molar-refractivity contribution in [1.29, 1.82) is 0 Å². The van der Waals surface area contributed by atoms with Gasteiger partial charge in [-0.3, -0.25) is 4.79 Å².